The molecule has 1 saturated heterocycles. The molecule has 1 unspecified atom stereocenters. The minimum absolute atomic E-state index is 0. The molecule has 3 rings (SSSR count). The number of ether oxygens (including phenoxy) is 2. The van der Waals surface area contributed by atoms with Gasteiger partial charge in [0.15, 0.2) is 5.96 Å². The Bertz CT molecular complexity index is 723. The van der Waals surface area contributed by atoms with Crippen LogP contribution in [0.2, 0.25) is 0 Å². The first-order valence-corrected chi connectivity index (χ1v) is 9.84. The van der Waals surface area contributed by atoms with Gasteiger partial charge in [0.05, 0.1) is 32.1 Å². The maximum Gasteiger partial charge on any atom is 0.194 e. The second-order valence-electron chi connectivity index (χ2n) is 6.85. The number of likely N-dealkylation sites (tertiary alicyclic amines) is 1. The topological polar surface area (TPSA) is 76.8 Å². The number of aliphatic imine (C=N–C) groups is 1. The number of nitrogens with one attached hydrogen (secondary N) is 1. The van der Waals surface area contributed by atoms with E-state index in [1.807, 2.05) is 12.1 Å². The molecule has 160 valence electrons. The fourth-order valence-corrected chi connectivity index (χ4v) is 3.24. The summed E-state index contributed by atoms with van der Waals surface area (Å²) < 4.78 is 12.5. The van der Waals surface area contributed by atoms with Crippen molar-refractivity contribution in [3.05, 3.63) is 42.5 Å². The minimum atomic E-state index is 0. The van der Waals surface area contributed by atoms with Crippen LogP contribution in [0.3, 0.4) is 0 Å². The number of benzene rings is 1. The normalized spacial score (nSPS) is 16.7. The smallest absolute Gasteiger partial charge is 0.194 e. The monoisotopic (exact) mass is 514 g/mol. The first-order valence-electron chi connectivity index (χ1n) is 9.84. The fraction of sp³-hybridized carbons (Fsp3) is 0.550. The van der Waals surface area contributed by atoms with Gasteiger partial charge in [-0.1, -0.05) is 12.1 Å². The lowest BCUT2D eigenvalue weighted by Crippen LogP contribution is -2.40. The van der Waals surface area contributed by atoms with E-state index >= 15 is 0 Å². The quantitative estimate of drug-likeness (QED) is 0.240. The summed E-state index contributed by atoms with van der Waals surface area (Å²) in [6.45, 7) is 7.68. The highest BCUT2D eigenvalue weighted by Gasteiger charge is 2.24. The Morgan fingerprint density at radius 1 is 1.28 bits per heavy atom. The summed E-state index contributed by atoms with van der Waals surface area (Å²) in [5.74, 6) is 1.52. The standard InChI is InChI=1S/C20H30N6O2.HI/c1-3-22-20(25-9-8-18(13-25)14-28-11-10-27-2)23-12-17-4-6-19(7-5-17)26-16-21-15-24-26;/h4-7,15-16,18H,3,8-14H2,1-2H3,(H,22,23);1H. The third-order valence-electron chi connectivity index (χ3n) is 4.74. The largest absolute Gasteiger partial charge is 0.382 e. The van der Waals surface area contributed by atoms with E-state index in [-0.39, 0.29) is 24.0 Å². The Balaban J connectivity index is 0.00000300. The molecule has 8 nitrogen and oxygen atoms in total. The van der Waals surface area contributed by atoms with E-state index in [1.165, 1.54) is 6.33 Å². The predicted octanol–water partition coefficient (Wildman–Crippen LogP) is 2.34. The SMILES string of the molecule is CCNC(=NCc1ccc(-n2cncn2)cc1)N1CCC(COCCOC)C1.I. The number of rotatable bonds is 9. The van der Waals surface area contributed by atoms with E-state index in [9.17, 15) is 0 Å². The summed E-state index contributed by atoms with van der Waals surface area (Å²) in [5, 5.41) is 7.57. The minimum Gasteiger partial charge on any atom is -0.382 e. The van der Waals surface area contributed by atoms with Crippen molar-refractivity contribution in [2.45, 2.75) is 19.9 Å². The summed E-state index contributed by atoms with van der Waals surface area (Å²) in [4.78, 5) is 11.1. The summed E-state index contributed by atoms with van der Waals surface area (Å²) in [6.07, 6.45) is 4.36. The van der Waals surface area contributed by atoms with E-state index in [0.717, 1.165) is 49.9 Å². The molecule has 2 aromatic rings. The average molecular weight is 514 g/mol. The maximum absolute atomic E-state index is 5.69. The molecule has 1 fully saturated rings. The highest BCUT2D eigenvalue weighted by atomic mass is 127. The van der Waals surface area contributed by atoms with Crippen molar-refractivity contribution in [2.75, 3.05) is 46.6 Å². The number of nitrogens with zero attached hydrogens (tertiary/aromatic N) is 5. The van der Waals surface area contributed by atoms with Crippen molar-refractivity contribution < 1.29 is 9.47 Å². The Hall–Kier alpha value is -1.72. The molecule has 1 aromatic carbocycles. The zero-order chi connectivity index (χ0) is 19.6. The van der Waals surface area contributed by atoms with E-state index in [4.69, 9.17) is 14.5 Å². The molecular weight excluding hydrogens is 483 g/mol. The number of aromatic nitrogens is 3. The molecule has 9 heteroatoms. The Morgan fingerprint density at radius 3 is 2.79 bits per heavy atom. The number of hydrogen-bond donors (Lipinski definition) is 1. The van der Waals surface area contributed by atoms with E-state index in [0.29, 0.717) is 25.7 Å². The van der Waals surface area contributed by atoms with Crippen LogP contribution in [0.4, 0.5) is 0 Å². The molecule has 0 bridgehead atoms. The van der Waals surface area contributed by atoms with Crippen LogP contribution in [-0.2, 0) is 16.0 Å². The van der Waals surface area contributed by atoms with Gasteiger partial charge in [0.1, 0.15) is 12.7 Å². The first kappa shape index (κ1) is 23.6. The summed E-state index contributed by atoms with van der Waals surface area (Å²) in [7, 11) is 1.70. The summed E-state index contributed by atoms with van der Waals surface area (Å²) >= 11 is 0. The molecule has 0 saturated carbocycles. The van der Waals surface area contributed by atoms with Gasteiger partial charge in [-0.15, -0.1) is 24.0 Å². The molecule has 1 aliphatic rings. The second-order valence-corrected chi connectivity index (χ2v) is 6.85. The predicted molar refractivity (Wildman–Crippen MR) is 124 cm³/mol. The molecule has 0 radical (unpaired) electrons. The van der Waals surface area contributed by atoms with Gasteiger partial charge in [-0.3, -0.25) is 0 Å². The van der Waals surface area contributed by atoms with Crippen LogP contribution in [0.5, 0.6) is 0 Å². The molecule has 2 heterocycles. The molecule has 1 N–H and O–H groups in total. The van der Waals surface area contributed by atoms with Crippen molar-refractivity contribution in [1.29, 1.82) is 0 Å². The third-order valence-corrected chi connectivity index (χ3v) is 4.74. The molecular formula is C20H31IN6O2. The van der Waals surface area contributed by atoms with Gasteiger partial charge < -0.3 is 19.7 Å². The molecule has 1 aliphatic heterocycles. The van der Waals surface area contributed by atoms with Gasteiger partial charge in [-0.05, 0) is 31.0 Å². The van der Waals surface area contributed by atoms with Crippen LogP contribution >= 0.6 is 24.0 Å². The molecule has 1 atom stereocenters. The van der Waals surface area contributed by atoms with Crippen LogP contribution < -0.4 is 5.32 Å². The van der Waals surface area contributed by atoms with Gasteiger partial charge in [-0.2, -0.15) is 5.10 Å². The van der Waals surface area contributed by atoms with Crippen LogP contribution in [-0.4, -0.2) is 72.2 Å². The third kappa shape index (κ3) is 7.23. The number of methoxy groups -OCH3 is 1. The Kier molecular flexibility index (Phi) is 10.4. The van der Waals surface area contributed by atoms with Gasteiger partial charge in [0.2, 0.25) is 0 Å². The van der Waals surface area contributed by atoms with Gasteiger partial charge in [-0.25, -0.2) is 14.7 Å². The van der Waals surface area contributed by atoms with Crippen molar-refractivity contribution in [2.24, 2.45) is 10.9 Å². The number of halogens is 1. The first-order chi connectivity index (χ1) is 13.8. The number of hydrogen-bond acceptors (Lipinski definition) is 5. The van der Waals surface area contributed by atoms with Gasteiger partial charge in [0.25, 0.3) is 0 Å². The molecule has 29 heavy (non-hydrogen) atoms. The molecule has 0 aliphatic carbocycles. The molecule has 0 amide bonds. The Labute approximate surface area is 189 Å². The summed E-state index contributed by atoms with van der Waals surface area (Å²) in [5.41, 5.74) is 2.16. The highest BCUT2D eigenvalue weighted by molar-refractivity contribution is 14.0. The lowest BCUT2D eigenvalue weighted by Gasteiger charge is -2.21. The lowest BCUT2D eigenvalue weighted by molar-refractivity contribution is 0.0536. The fourth-order valence-electron chi connectivity index (χ4n) is 3.24. The van der Waals surface area contributed by atoms with E-state index < -0.39 is 0 Å². The van der Waals surface area contributed by atoms with Crippen molar-refractivity contribution in [3.63, 3.8) is 0 Å². The van der Waals surface area contributed by atoms with Crippen LogP contribution in [0.15, 0.2) is 41.9 Å². The van der Waals surface area contributed by atoms with Gasteiger partial charge in [0, 0.05) is 32.7 Å². The van der Waals surface area contributed by atoms with Crippen molar-refractivity contribution >= 4 is 29.9 Å². The molecule has 1 aromatic heterocycles. The highest BCUT2D eigenvalue weighted by Crippen LogP contribution is 2.17. The van der Waals surface area contributed by atoms with Crippen LogP contribution in [0.25, 0.3) is 5.69 Å². The van der Waals surface area contributed by atoms with Gasteiger partial charge >= 0.3 is 0 Å². The van der Waals surface area contributed by atoms with E-state index in [1.54, 1.807) is 18.1 Å². The van der Waals surface area contributed by atoms with Crippen molar-refractivity contribution in [3.8, 4) is 5.69 Å². The summed E-state index contributed by atoms with van der Waals surface area (Å²) in [6, 6.07) is 8.24. The van der Waals surface area contributed by atoms with Crippen LogP contribution in [0.1, 0.15) is 18.9 Å². The second kappa shape index (κ2) is 12.8. The Morgan fingerprint density at radius 2 is 2.10 bits per heavy atom. The molecule has 0 spiro atoms. The zero-order valence-electron chi connectivity index (χ0n) is 17.2. The number of guanidine groups is 1. The lowest BCUT2D eigenvalue weighted by atomic mass is 10.1. The average Bonchev–Trinajstić information content (AvgIpc) is 3.41. The maximum atomic E-state index is 5.69. The van der Waals surface area contributed by atoms with Crippen LogP contribution in [0, 0.1) is 5.92 Å². The van der Waals surface area contributed by atoms with Crippen molar-refractivity contribution in [1.82, 2.24) is 25.0 Å². The van der Waals surface area contributed by atoms with E-state index in [2.05, 4.69) is 39.4 Å². The zero-order valence-corrected chi connectivity index (χ0v) is 19.5.